The van der Waals surface area contributed by atoms with E-state index in [1.165, 1.54) is 0 Å². The molecule has 1 fully saturated rings. The first kappa shape index (κ1) is 21.4. The van der Waals surface area contributed by atoms with Crippen molar-refractivity contribution in [1.29, 1.82) is 0 Å². The highest BCUT2D eigenvalue weighted by atomic mass is 32.2. The van der Waals surface area contributed by atoms with E-state index in [9.17, 15) is 31.2 Å². The summed E-state index contributed by atoms with van der Waals surface area (Å²) in [4.78, 5) is 23.4. The Kier molecular flexibility index (Phi) is 6.63. The number of nitrogens with one attached hydrogen (secondary N) is 1. The first-order valence-corrected chi connectivity index (χ1v) is 10.00. The molecule has 2 rings (SSSR count). The van der Waals surface area contributed by atoms with Crippen LogP contribution in [0.3, 0.4) is 0 Å². The molecule has 6 nitrogen and oxygen atoms in total. The molecular formula is C17H21F3N2O4S. The number of Topliss-reactive ketones (excluding diaryl/α,β-unsaturated/α-hetero) is 1. The first-order valence-electron chi connectivity index (χ1n) is 8.56. The van der Waals surface area contributed by atoms with Gasteiger partial charge in [-0.1, -0.05) is 13.3 Å². The third-order valence-corrected chi connectivity index (χ3v) is 6.32. The van der Waals surface area contributed by atoms with E-state index < -0.39 is 33.7 Å². The third-order valence-electron chi connectivity index (χ3n) is 4.40. The van der Waals surface area contributed by atoms with Crippen LogP contribution in [0.1, 0.15) is 38.2 Å². The number of piperidine rings is 1. The van der Waals surface area contributed by atoms with Crippen molar-refractivity contribution in [1.82, 2.24) is 9.62 Å². The lowest BCUT2D eigenvalue weighted by Crippen LogP contribution is -2.52. The Morgan fingerprint density at radius 3 is 2.37 bits per heavy atom. The summed E-state index contributed by atoms with van der Waals surface area (Å²) in [5.41, 5.74) is -0.951. The predicted molar refractivity (Wildman–Crippen MR) is 91.3 cm³/mol. The van der Waals surface area contributed by atoms with Crippen LogP contribution in [0.5, 0.6) is 0 Å². The summed E-state index contributed by atoms with van der Waals surface area (Å²) in [7, 11) is -4.14. The molecule has 27 heavy (non-hydrogen) atoms. The SMILES string of the molecule is CCC(=O)CNC(=O)C1CCCCN1S(=O)(=O)c1ccc(C(F)(F)F)cc1. The van der Waals surface area contributed by atoms with E-state index in [4.69, 9.17) is 0 Å². The van der Waals surface area contributed by atoms with Gasteiger partial charge in [0, 0.05) is 13.0 Å². The van der Waals surface area contributed by atoms with Crippen LogP contribution in [0, 0.1) is 0 Å². The van der Waals surface area contributed by atoms with E-state index in [2.05, 4.69) is 5.32 Å². The molecule has 0 radical (unpaired) electrons. The lowest BCUT2D eigenvalue weighted by atomic mass is 10.0. The van der Waals surface area contributed by atoms with Crippen LogP contribution >= 0.6 is 0 Å². The van der Waals surface area contributed by atoms with Crippen LogP contribution in [0.15, 0.2) is 29.2 Å². The van der Waals surface area contributed by atoms with E-state index in [0.717, 1.165) is 16.4 Å². The molecule has 10 heteroatoms. The Labute approximate surface area is 155 Å². The van der Waals surface area contributed by atoms with E-state index in [1.807, 2.05) is 0 Å². The molecule has 150 valence electrons. The standard InChI is InChI=1S/C17H21F3N2O4S/c1-2-13(23)11-21-16(24)15-5-3-4-10-22(15)27(25,26)14-8-6-12(7-9-14)17(18,19)20/h6-9,15H,2-5,10-11H2,1H3,(H,21,24). The van der Waals surface area contributed by atoms with Crippen LogP contribution in [-0.4, -0.2) is 43.5 Å². The quantitative estimate of drug-likeness (QED) is 0.786. The normalized spacial score (nSPS) is 18.9. The van der Waals surface area contributed by atoms with Crippen LogP contribution in [-0.2, 0) is 25.8 Å². The number of rotatable bonds is 6. The number of nitrogens with zero attached hydrogens (tertiary/aromatic N) is 1. The second-order valence-corrected chi connectivity index (χ2v) is 8.15. The number of sulfonamides is 1. The maximum Gasteiger partial charge on any atom is 0.416 e. The van der Waals surface area contributed by atoms with Gasteiger partial charge in [-0.15, -0.1) is 0 Å². The largest absolute Gasteiger partial charge is 0.416 e. The zero-order chi connectivity index (χ0) is 20.2. The molecule has 1 N–H and O–H groups in total. The smallest absolute Gasteiger partial charge is 0.348 e. The first-order chi connectivity index (χ1) is 12.6. The molecule has 1 atom stereocenters. The van der Waals surface area contributed by atoms with Gasteiger partial charge < -0.3 is 5.32 Å². The average molecular weight is 406 g/mol. The van der Waals surface area contributed by atoms with Gasteiger partial charge in [0.1, 0.15) is 6.04 Å². The van der Waals surface area contributed by atoms with Gasteiger partial charge in [0.25, 0.3) is 0 Å². The van der Waals surface area contributed by atoms with Crippen molar-refractivity contribution in [3.8, 4) is 0 Å². The fourth-order valence-electron chi connectivity index (χ4n) is 2.83. The molecule has 1 aromatic carbocycles. The number of carbonyl (C=O) groups is 2. The Morgan fingerprint density at radius 2 is 1.81 bits per heavy atom. The van der Waals surface area contributed by atoms with Gasteiger partial charge in [0.05, 0.1) is 17.0 Å². The van der Waals surface area contributed by atoms with Gasteiger partial charge in [0.2, 0.25) is 15.9 Å². The summed E-state index contributed by atoms with van der Waals surface area (Å²) in [6.45, 7) is 1.56. The fourth-order valence-corrected chi connectivity index (χ4v) is 4.49. The van der Waals surface area contributed by atoms with Gasteiger partial charge in [-0.05, 0) is 37.1 Å². The third kappa shape index (κ3) is 5.07. The topological polar surface area (TPSA) is 83.6 Å². The minimum absolute atomic E-state index is 0.0865. The highest BCUT2D eigenvalue weighted by Crippen LogP contribution is 2.31. The molecule has 1 saturated heterocycles. The van der Waals surface area contributed by atoms with E-state index in [-0.39, 0.29) is 36.6 Å². The van der Waals surface area contributed by atoms with Gasteiger partial charge in [0.15, 0.2) is 5.78 Å². The molecule has 1 heterocycles. The molecule has 1 aliphatic rings. The van der Waals surface area contributed by atoms with Gasteiger partial charge in [-0.3, -0.25) is 9.59 Å². The highest BCUT2D eigenvalue weighted by Gasteiger charge is 2.38. The number of halogens is 3. The lowest BCUT2D eigenvalue weighted by Gasteiger charge is -2.33. The monoisotopic (exact) mass is 406 g/mol. The maximum absolute atomic E-state index is 12.9. The van der Waals surface area contributed by atoms with E-state index >= 15 is 0 Å². The Bertz CT molecular complexity index is 791. The van der Waals surface area contributed by atoms with E-state index in [1.54, 1.807) is 6.92 Å². The zero-order valence-corrected chi connectivity index (χ0v) is 15.6. The number of hydrogen-bond donors (Lipinski definition) is 1. The van der Waals surface area contributed by atoms with Crippen LogP contribution in [0.25, 0.3) is 0 Å². The predicted octanol–water partition coefficient (Wildman–Crippen LogP) is 2.34. The molecule has 1 amide bonds. The van der Waals surface area contributed by atoms with Gasteiger partial charge in [-0.2, -0.15) is 17.5 Å². The van der Waals surface area contributed by atoms with Crippen LogP contribution in [0.4, 0.5) is 13.2 Å². The summed E-state index contributed by atoms with van der Waals surface area (Å²) in [5.74, 6) is -0.761. The van der Waals surface area contributed by atoms with Crippen LogP contribution in [0.2, 0.25) is 0 Å². The maximum atomic E-state index is 12.9. The Balaban J connectivity index is 2.23. The number of amides is 1. The molecule has 1 unspecified atom stereocenters. The van der Waals surface area contributed by atoms with Crippen molar-refractivity contribution in [2.45, 2.75) is 49.7 Å². The number of hydrogen-bond acceptors (Lipinski definition) is 4. The summed E-state index contributed by atoms with van der Waals surface area (Å²) in [5, 5.41) is 2.44. The number of benzene rings is 1. The van der Waals surface area contributed by atoms with Gasteiger partial charge >= 0.3 is 6.18 Å². The lowest BCUT2D eigenvalue weighted by molar-refractivity contribution is -0.137. The second-order valence-electron chi connectivity index (χ2n) is 6.26. The average Bonchev–Trinajstić information content (AvgIpc) is 2.65. The highest BCUT2D eigenvalue weighted by molar-refractivity contribution is 7.89. The summed E-state index contributed by atoms with van der Waals surface area (Å²) >= 11 is 0. The second kappa shape index (κ2) is 8.39. The summed E-state index contributed by atoms with van der Waals surface area (Å²) < 4.78 is 64.7. The molecule has 1 aromatic rings. The molecule has 0 spiro atoms. The molecule has 0 aliphatic carbocycles. The minimum Gasteiger partial charge on any atom is -0.348 e. The molecule has 0 bridgehead atoms. The van der Waals surface area contributed by atoms with Crippen molar-refractivity contribution in [2.75, 3.05) is 13.1 Å². The fraction of sp³-hybridized carbons (Fsp3) is 0.529. The van der Waals surface area contributed by atoms with Gasteiger partial charge in [-0.25, -0.2) is 8.42 Å². The number of alkyl halides is 3. The molecule has 1 aliphatic heterocycles. The molecular weight excluding hydrogens is 385 g/mol. The van der Waals surface area contributed by atoms with Crippen molar-refractivity contribution in [3.05, 3.63) is 29.8 Å². The van der Waals surface area contributed by atoms with Crippen molar-refractivity contribution < 1.29 is 31.2 Å². The number of carbonyl (C=O) groups excluding carboxylic acids is 2. The molecule has 0 saturated carbocycles. The van der Waals surface area contributed by atoms with Crippen LogP contribution < -0.4 is 5.32 Å². The van der Waals surface area contributed by atoms with Crippen molar-refractivity contribution >= 4 is 21.7 Å². The summed E-state index contributed by atoms with van der Waals surface area (Å²) in [6, 6.07) is 2.19. The zero-order valence-electron chi connectivity index (χ0n) is 14.8. The van der Waals surface area contributed by atoms with Crippen molar-refractivity contribution in [2.24, 2.45) is 0 Å². The van der Waals surface area contributed by atoms with E-state index in [0.29, 0.717) is 25.0 Å². The number of ketones is 1. The molecule has 0 aromatic heterocycles. The minimum atomic E-state index is -4.57. The summed E-state index contributed by atoms with van der Waals surface area (Å²) in [6.07, 6.45) is -2.86. The van der Waals surface area contributed by atoms with Crippen molar-refractivity contribution in [3.63, 3.8) is 0 Å². The Hall–Kier alpha value is -1.94. The Morgan fingerprint density at radius 1 is 1.19 bits per heavy atom.